The molecule has 3 N–H and O–H groups in total. The molecule has 0 bridgehead atoms. The highest BCUT2D eigenvalue weighted by atomic mass is 79.9. The maximum absolute atomic E-state index is 13.5. The molecule has 1 atom stereocenters. The van der Waals surface area contributed by atoms with Gasteiger partial charge in [-0.05, 0) is 69.0 Å². The van der Waals surface area contributed by atoms with E-state index < -0.39 is 11.5 Å². The van der Waals surface area contributed by atoms with Gasteiger partial charge in [0.2, 0.25) is 11.8 Å². The van der Waals surface area contributed by atoms with Gasteiger partial charge in [-0.3, -0.25) is 9.59 Å². The Hall–Kier alpha value is -1.60. The average molecular weight is 555 g/mol. The van der Waals surface area contributed by atoms with Crippen molar-refractivity contribution in [1.82, 2.24) is 10.2 Å². The van der Waals surface area contributed by atoms with Crippen molar-refractivity contribution >= 4 is 50.9 Å². The summed E-state index contributed by atoms with van der Waals surface area (Å²) >= 11 is 15.9. The van der Waals surface area contributed by atoms with Crippen molar-refractivity contribution in [1.29, 1.82) is 0 Å². The lowest BCUT2D eigenvalue weighted by molar-refractivity contribution is -0.138. The van der Waals surface area contributed by atoms with E-state index in [1.165, 1.54) is 0 Å². The highest BCUT2D eigenvalue weighted by Gasteiger charge is 2.37. The van der Waals surface area contributed by atoms with E-state index in [9.17, 15) is 9.59 Å². The molecule has 0 saturated carbocycles. The van der Waals surface area contributed by atoms with Crippen LogP contribution in [0.4, 0.5) is 0 Å². The molecule has 1 saturated heterocycles. The molecule has 0 radical (unpaired) electrons. The lowest BCUT2D eigenvalue weighted by Crippen LogP contribution is -2.57. The first-order valence-corrected chi connectivity index (χ1v) is 12.5. The predicted molar refractivity (Wildman–Crippen MR) is 138 cm³/mol. The SMILES string of the molecule is CC1(N)CCN(C(=O)[C@H](Cc2ccc(Br)cc2)NC(=O)C(C)(C)c2ccc(Cl)cc2Cl)CC1. The Kier molecular flexibility index (Phi) is 8.15. The Balaban J connectivity index is 1.84. The van der Waals surface area contributed by atoms with Crippen LogP contribution in [0, 0.1) is 0 Å². The van der Waals surface area contributed by atoms with Crippen LogP contribution in [0.25, 0.3) is 0 Å². The third kappa shape index (κ3) is 6.50. The molecule has 3 rings (SSSR count). The van der Waals surface area contributed by atoms with E-state index >= 15 is 0 Å². The Morgan fingerprint density at radius 3 is 2.33 bits per heavy atom. The molecular weight excluding hydrogens is 525 g/mol. The molecule has 2 aromatic rings. The summed E-state index contributed by atoms with van der Waals surface area (Å²) in [6.45, 7) is 6.74. The first kappa shape index (κ1) is 26.0. The number of nitrogens with one attached hydrogen (secondary N) is 1. The van der Waals surface area contributed by atoms with Crippen LogP contribution < -0.4 is 11.1 Å². The number of amides is 2. The molecule has 0 aromatic heterocycles. The van der Waals surface area contributed by atoms with Gasteiger partial charge < -0.3 is 16.0 Å². The molecule has 0 unspecified atom stereocenters. The maximum atomic E-state index is 13.5. The van der Waals surface area contributed by atoms with Gasteiger partial charge in [0, 0.05) is 39.6 Å². The summed E-state index contributed by atoms with van der Waals surface area (Å²) in [6, 6.07) is 12.1. The van der Waals surface area contributed by atoms with Crippen molar-refractivity contribution in [2.24, 2.45) is 5.73 Å². The number of carbonyl (C=O) groups excluding carboxylic acids is 2. The monoisotopic (exact) mass is 553 g/mol. The van der Waals surface area contributed by atoms with E-state index in [2.05, 4.69) is 21.2 Å². The largest absolute Gasteiger partial charge is 0.343 e. The number of carbonyl (C=O) groups is 2. The molecule has 33 heavy (non-hydrogen) atoms. The van der Waals surface area contributed by atoms with Gasteiger partial charge in [0.05, 0.1) is 5.41 Å². The van der Waals surface area contributed by atoms with E-state index in [0.717, 1.165) is 22.9 Å². The number of hydrogen-bond acceptors (Lipinski definition) is 3. The van der Waals surface area contributed by atoms with Crippen LogP contribution in [0.1, 0.15) is 44.7 Å². The number of hydrogen-bond donors (Lipinski definition) is 2. The van der Waals surface area contributed by atoms with Gasteiger partial charge in [-0.25, -0.2) is 0 Å². The minimum Gasteiger partial charge on any atom is -0.343 e. The van der Waals surface area contributed by atoms with E-state index in [-0.39, 0.29) is 17.4 Å². The van der Waals surface area contributed by atoms with Gasteiger partial charge in [-0.15, -0.1) is 0 Å². The van der Waals surface area contributed by atoms with Crippen LogP contribution in [-0.4, -0.2) is 41.4 Å². The van der Waals surface area contributed by atoms with Crippen LogP contribution in [-0.2, 0) is 21.4 Å². The Labute approximate surface area is 214 Å². The van der Waals surface area contributed by atoms with Gasteiger partial charge in [0.25, 0.3) is 0 Å². The standard InChI is InChI=1S/C25H30BrCl2N3O2/c1-24(2,19-9-8-18(27)15-20(19)28)23(33)30-21(14-16-4-6-17(26)7-5-16)22(32)31-12-10-25(3,29)11-13-31/h4-9,15,21H,10-14,29H2,1-3H3,(H,30,33)/t21-/m0/s1. The normalized spacial score (nSPS) is 16.9. The lowest BCUT2D eigenvalue weighted by Gasteiger charge is -2.38. The Morgan fingerprint density at radius 2 is 1.76 bits per heavy atom. The van der Waals surface area contributed by atoms with Crippen molar-refractivity contribution in [2.75, 3.05) is 13.1 Å². The molecule has 1 aliphatic rings. The smallest absolute Gasteiger partial charge is 0.245 e. The molecule has 0 aliphatic carbocycles. The fourth-order valence-corrected chi connectivity index (χ4v) is 4.88. The van der Waals surface area contributed by atoms with Crippen molar-refractivity contribution < 1.29 is 9.59 Å². The first-order valence-electron chi connectivity index (χ1n) is 11.0. The molecule has 2 amide bonds. The number of benzene rings is 2. The van der Waals surface area contributed by atoms with E-state index in [0.29, 0.717) is 35.1 Å². The highest BCUT2D eigenvalue weighted by molar-refractivity contribution is 9.10. The molecule has 2 aromatic carbocycles. The topological polar surface area (TPSA) is 75.4 Å². The number of rotatable bonds is 6. The summed E-state index contributed by atoms with van der Waals surface area (Å²) in [5, 5.41) is 3.93. The zero-order valence-corrected chi connectivity index (χ0v) is 22.2. The van der Waals surface area contributed by atoms with Gasteiger partial charge in [0.15, 0.2) is 0 Å². The van der Waals surface area contributed by atoms with Gasteiger partial charge in [-0.1, -0.05) is 57.3 Å². The van der Waals surface area contributed by atoms with Crippen LogP contribution in [0.3, 0.4) is 0 Å². The molecule has 1 aliphatic heterocycles. The first-order chi connectivity index (χ1) is 15.4. The van der Waals surface area contributed by atoms with E-state index in [4.69, 9.17) is 28.9 Å². The quantitative estimate of drug-likeness (QED) is 0.521. The fraction of sp³-hybridized carbons (Fsp3) is 0.440. The summed E-state index contributed by atoms with van der Waals surface area (Å²) in [5.41, 5.74) is 6.63. The third-order valence-electron chi connectivity index (χ3n) is 6.35. The Morgan fingerprint density at radius 1 is 1.15 bits per heavy atom. The van der Waals surface area contributed by atoms with Crippen LogP contribution in [0.2, 0.25) is 10.0 Å². The molecule has 0 spiro atoms. The summed E-state index contributed by atoms with van der Waals surface area (Å²) in [7, 11) is 0. The maximum Gasteiger partial charge on any atom is 0.245 e. The number of nitrogens with two attached hydrogens (primary N) is 1. The van der Waals surface area contributed by atoms with Gasteiger partial charge in [-0.2, -0.15) is 0 Å². The molecule has 1 heterocycles. The minimum absolute atomic E-state index is 0.0974. The van der Waals surface area contributed by atoms with Crippen molar-refractivity contribution in [3.05, 3.63) is 68.1 Å². The summed E-state index contributed by atoms with van der Waals surface area (Å²) in [6.07, 6.45) is 1.84. The lowest BCUT2D eigenvalue weighted by atomic mass is 9.83. The second-order valence-electron chi connectivity index (χ2n) is 9.59. The molecule has 178 valence electrons. The summed E-state index contributed by atoms with van der Waals surface area (Å²) < 4.78 is 0.954. The molecule has 8 heteroatoms. The van der Waals surface area contributed by atoms with Gasteiger partial charge >= 0.3 is 0 Å². The second kappa shape index (κ2) is 10.3. The molecular formula is C25H30BrCl2N3O2. The number of nitrogens with zero attached hydrogens (tertiary/aromatic N) is 1. The Bertz CT molecular complexity index is 1010. The minimum atomic E-state index is -0.961. The highest BCUT2D eigenvalue weighted by Crippen LogP contribution is 2.32. The van der Waals surface area contributed by atoms with Gasteiger partial charge in [0.1, 0.15) is 6.04 Å². The molecule has 1 fully saturated rings. The van der Waals surface area contributed by atoms with Crippen LogP contribution >= 0.6 is 39.1 Å². The fourth-order valence-electron chi connectivity index (χ4n) is 3.97. The second-order valence-corrected chi connectivity index (χ2v) is 11.3. The number of halogens is 3. The predicted octanol–water partition coefficient (Wildman–Crippen LogP) is 5.10. The zero-order valence-electron chi connectivity index (χ0n) is 19.1. The van der Waals surface area contributed by atoms with Crippen LogP contribution in [0.15, 0.2) is 46.9 Å². The van der Waals surface area contributed by atoms with Crippen molar-refractivity contribution in [3.63, 3.8) is 0 Å². The number of piperidine rings is 1. The number of likely N-dealkylation sites (tertiary alicyclic amines) is 1. The van der Waals surface area contributed by atoms with Crippen molar-refractivity contribution in [3.8, 4) is 0 Å². The van der Waals surface area contributed by atoms with Crippen LogP contribution in [0.5, 0.6) is 0 Å². The van der Waals surface area contributed by atoms with E-state index in [1.54, 1.807) is 36.9 Å². The summed E-state index contributed by atoms with van der Waals surface area (Å²) in [5.74, 6) is -0.373. The zero-order chi connectivity index (χ0) is 24.4. The molecule has 5 nitrogen and oxygen atoms in total. The summed E-state index contributed by atoms with van der Waals surface area (Å²) in [4.78, 5) is 28.8. The third-order valence-corrected chi connectivity index (χ3v) is 7.42. The average Bonchev–Trinajstić information content (AvgIpc) is 2.74. The van der Waals surface area contributed by atoms with Crippen molar-refractivity contribution in [2.45, 2.75) is 57.0 Å². The van der Waals surface area contributed by atoms with E-state index in [1.807, 2.05) is 31.2 Å².